The molecule has 0 heteroatoms. The van der Waals surface area contributed by atoms with E-state index in [-0.39, 0.29) is 0 Å². The van der Waals surface area contributed by atoms with Crippen molar-refractivity contribution in [2.45, 2.75) is 99.8 Å². The molecule has 3 aliphatic carbocycles. The Hall–Kier alpha value is -0.780. The van der Waals surface area contributed by atoms with Crippen molar-refractivity contribution in [3.63, 3.8) is 0 Å². The lowest BCUT2D eigenvalue weighted by Gasteiger charge is -2.28. The minimum Gasteiger partial charge on any atom is -0.0990 e. The highest BCUT2D eigenvalue weighted by molar-refractivity contribution is 5.32. The fraction of sp³-hybridized carbons (Fsp3) is 0.800. The SMILES string of the molecule is C=C1C(C)CC2CC12C/C=C1\CCCC(C)C(C(C)/C=C/C(C)C(C)C)CCC1C. The second kappa shape index (κ2) is 9.79. The average Bonchev–Trinajstić information content (AvgIpc) is 3.32. The van der Waals surface area contributed by atoms with E-state index in [1.54, 1.807) is 11.1 Å². The maximum atomic E-state index is 4.51. The van der Waals surface area contributed by atoms with Crippen molar-refractivity contribution in [2.75, 3.05) is 0 Å². The molecule has 3 fully saturated rings. The molecular formula is C30H50. The van der Waals surface area contributed by atoms with Crippen molar-refractivity contribution in [1.82, 2.24) is 0 Å². The van der Waals surface area contributed by atoms with E-state index in [2.05, 4.69) is 73.3 Å². The van der Waals surface area contributed by atoms with Crippen LogP contribution in [0.1, 0.15) is 99.8 Å². The molecule has 8 unspecified atom stereocenters. The Balaban J connectivity index is 1.62. The van der Waals surface area contributed by atoms with Crippen molar-refractivity contribution in [2.24, 2.45) is 52.8 Å². The van der Waals surface area contributed by atoms with Crippen LogP contribution >= 0.6 is 0 Å². The first-order chi connectivity index (χ1) is 14.2. The Bertz CT molecular complexity index is 649. The number of hydrogen-bond donors (Lipinski definition) is 0. The van der Waals surface area contributed by atoms with Gasteiger partial charge in [-0.2, -0.15) is 0 Å². The van der Waals surface area contributed by atoms with Crippen molar-refractivity contribution >= 4 is 0 Å². The minimum atomic E-state index is 0.507. The molecule has 170 valence electrons. The van der Waals surface area contributed by atoms with Gasteiger partial charge in [0.15, 0.2) is 0 Å². The molecule has 3 saturated carbocycles. The lowest BCUT2D eigenvalue weighted by molar-refractivity contribution is 0.251. The predicted molar refractivity (Wildman–Crippen MR) is 133 cm³/mol. The van der Waals surface area contributed by atoms with Crippen LogP contribution in [0.4, 0.5) is 0 Å². The van der Waals surface area contributed by atoms with Gasteiger partial charge in [-0.15, -0.1) is 0 Å². The van der Waals surface area contributed by atoms with Gasteiger partial charge < -0.3 is 0 Å². The van der Waals surface area contributed by atoms with Gasteiger partial charge >= 0.3 is 0 Å². The molecular weight excluding hydrogens is 360 g/mol. The van der Waals surface area contributed by atoms with Crippen LogP contribution in [0.2, 0.25) is 0 Å². The summed E-state index contributed by atoms with van der Waals surface area (Å²) >= 11 is 0. The summed E-state index contributed by atoms with van der Waals surface area (Å²) in [6.07, 6.45) is 18.7. The van der Waals surface area contributed by atoms with Crippen molar-refractivity contribution < 1.29 is 0 Å². The van der Waals surface area contributed by atoms with E-state index in [0.29, 0.717) is 17.3 Å². The average molecular weight is 411 g/mol. The van der Waals surface area contributed by atoms with Crippen LogP contribution in [0.3, 0.4) is 0 Å². The topological polar surface area (TPSA) is 0 Å². The maximum Gasteiger partial charge on any atom is -0.00219 e. The van der Waals surface area contributed by atoms with E-state index < -0.39 is 0 Å². The summed E-state index contributed by atoms with van der Waals surface area (Å²) in [5.74, 6) is 6.27. The normalized spacial score (nSPS) is 40.9. The number of hydrogen-bond acceptors (Lipinski definition) is 0. The molecule has 0 radical (unpaired) electrons. The van der Waals surface area contributed by atoms with Gasteiger partial charge in [-0.3, -0.25) is 0 Å². The van der Waals surface area contributed by atoms with Gasteiger partial charge in [0.1, 0.15) is 0 Å². The minimum absolute atomic E-state index is 0.507. The zero-order valence-electron chi connectivity index (χ0n) is 21.2. The van der Waals surface area contributed by atoms with E-state index >= 15 is 0 Å². The molecule has 3 rings (SSSR count). The molecule has 0 aliphatic heterocycles. The molecule has 0 aromatic carbocycles. The summed E-state index contributed by atoms with van der Waals surface area (Å²) in [5.41, 5.74) is 3.85. The van der Waals surface area contributed by atoms with Crippen LogP contribution < -0.4 is 0 Å². The lowest BCUT2D eigenvalue weighted by Crippen LogP contribution is -2.19. The molecule has 0 nitrogen and oxygen atoms in total. The summed E-state index contributed by atoms with van der Waals surface area (Å²) in [4.78, 5) is 0. The van der Waals surface area contributed by atoms with Crippen LogP contribution in [0.5, 0.6) is 0 Å². The van der Waals surface area contributed by atoms with Crippen LogP contribution in [-0.2, 0) is 0 Å². The third kappa shape index (κ3) is 5.16. The molecule has 0 saturated heterocycles. The first-order valence-corrected chi connectivity index (χ1v) is 13.2. The number of rotatable bonds is 6. The zero-order valence-corrected chi connectivity index (χ0v) is 21.2. The highest BCUT2D eigenvalue weighted by Crippen LogP contribution is 2.69. The molecule has 0 spiro atoms. The summed E-state index contributed by atoms with van der Waals surface area (Å²) in [6.45, 7) is 21.4. The molecule has 3 aliphatic rings. The molecule has 0 heterocycles. The van der Waals surface area contributed by atoms with E-state index in [1.165, 1.54) is 51.4 Å². The van der Waals surface area contributed by atoms with Gasteiger partial charge in [-0.25, -0.2) is 0 Å². The summed E-state index contributed by atoms with van der Waals surface area (Å²) < 4.78 is 0. The molecule has 0 bridgehead atoms. The second-order valence-corrected chi connectivity index (χ2v) is 12.1. The standard InChI is InChI=1S/C30H50/c1-20(2)21(3)12-13-24(6)29-15-14-22(4)27(11-9-10-23(29)5)16-17-30-19-28(30)18-25(7)26(30)8/h12-13,16,20-25,28-29H,8-11,14-15,17-19H2,1-7H3/b13-12+,27-16+. The van der Waals surface area contributed by atoms with Gasteiger partial charge in [0.2, 0.25) is 0 Å². The van der Waals surface area contributed by atoms with Gasteiger partial charge in [-0.1, -0.05) is 90.8 Å². The van der Waals surface area contributed by atoms with Crippen molar-refractivity contribution in [3.05, 3.63) is 36.0 Å². The second-order valence-electron chi connectivity index (χ2n) is 12.1. The first kappa shape index (κ1) is 23.9. The van der Waals surface area contributed by atoms with E-state index in [4.69, 9.17) is 0 Å². The van der Waals surface area contributed by atoms with Gasteiger partial charge in [0, 0.05) is 0 Å². The largest absolute Gasteiger partial charge is 0.0990 e. The van der Waals surface area contributed by atoms with Crippen LogP contribution in [-0.4, -0.2) is 0 Å². The van der Waals surface area contributed by atoms with Crippen LogP contribution in [0.25, 0.3) is 0 Å². The van der Waals surface area contributed by atoms with Gasteiger partial charge in [0.25, 0.3) is 0 Å². The third-order valence-electron chi connectivity index (χ3n) is 9.70. The Morgan fingerprint density at radius 2 is 1.73 bits per heavy atom. The maximum absolute atomic E-state index is 4.51. The molecule has 0 N–H and O–H groups in total. The fourth-order valence-electron chi connectivity index (χ4n) is 6.64. The molecule has 0 aromatic rings. The predicted octanol–water partition coefficient (Wildman–Crippen LogP) is 9.24. The quantitative estimate of drug-likeness (QED) is 0.383. The first-order valence-electron chi connectivity index (χ1n) is 13.2. The smallest absolute Gasteiger partial charge is 0.00219 e. The highest BCUT2D eigenvalue weighted by atomic mass is 14.6. The number of allylic oxidation sites excluding steroid dienone is 5. The Morgan fingerprint density at radius 3 is 2.37 bits per heavy atom. The van der Waals surface area contributed by atoms with Crippen molar-refractivity contribution in [3.8, 4) is 0 Å². The molecule has 30 heavy (non-hydrogen) atoms. The zero-order chi connectivity index (χ0) is 22.1. The molecule has 0 amide bonds. The summed E-state index contributed by atoms with van der Waals surface area (Å²) in [6, 6.07) is 0. The Morgan fingerprint density at radius 1 is 1.00 bits per heavy atom. The van der Waals surface area contributed by atoms with Crippen molar-refractivity contribution in [1.29, 1.82) is 0 Å². The lowest BCUT2D eigenvalue weighted by atomic mass is 9.77. The molecule has 8 atom stereocenters. The van der Waals surface area contributed by atoms with E-state index in [1.807, 2.05) is 0 Å². The van der Waals surface area contributed by atoms with Crippen LogP contribution in [0, 0.1) is 52.8 Å². The third-order valence-corrected chi connectivity index (χ3v) is 9.70. The highest BCUT2D eigenvalue weighted by Gasteiger charge is 2.60. The Kier molecular flexibility index (Phi) is 7.79. The van der Waals surface area contributed by atoms with Gasteiger partial charge in [-0.05, 0) is 97.7 Å². The summed E-state index contributed by atoms with van der Waals surface area (Å²) in [5, 5.41) is 0. The van der Waals surface area contributed by atoms with Crippen LogP contribution in [0.15, 0.2) is 36.0 Å². The van der Waals surface area contributed by atoms with E-state index in [9.17, 15) is 0 Å². The number of fused-ring (bicyclic) bond motifs is 1. The Labute approximate surface area is 188 Å². The monoisotopic (exact) mass is 410 g/mol. The molecule has 0 aromatic heterocycles. The summed E-state index contributed by atoms with van der Waals surface area (Å²) in [7, 11) is 0. The van der Waals surface area contributed by atoms with E-state index in [0.717, 1.165) is 35.5 Å². The van der Waals surface area contributed by atoms with Gasteiger partial charge in [0.05, 0.1) is 0 Å². The fourth-order valence-corrected chi connectivity index (χ4v) is 6.64.